The summed E-state index contributed by atoms with van der Waals surface area (Å²) in [7, 11) is 0. The Morgan fingerprint density at radius 1 is 1.18 bits per heavy atom. The molecule has 0 atom stereocenters. The molecule has 1 N–H and O–H groups in total. The lowest BCUT2D eigenvalue weighted by atomic mass is 10.1. The van der Waals surface area contributed by atoms with E-state index in [0.29, 0.717) is 6.54 Å². The van der Waals surface area contributed by atoms with Crippen LogP contribution in [-0.4, -0.2) is 29.8 Å². The van der Waals surface area contributed by atoms with Crippen molar-refractivity contribution in [3.05, 3.63) is 35.4 Å². The van der Waals surface area contributed by atoms with E-state index < -0.39 is 0 Å². The summed E-state index contributed by atoms with van der Waals surface area (Å²) in [6.07, 6.45) is 1.01. The Morgan fingerprint density at radius 3 is 2.47 bits per heavy atom. The summed E-state index contributed by atoms with van der Waals surface area (Å²) in [5.41, 5.74) is 2.33. The van der Waals surface area contributed by atoms with Gasteiger partial charge >= 0.3 is 0 Å². The molecule has 17 heavy (non-hydrogen) atoms. The third-order valence-corrected chi connectivity index (χ3v) is 2.93. The molecular formula is C13H16N2O2. The van der Waals surface area contributed by atoms with Gasteiger partial charge in [0, 0.05) is 6.54 Å². The first-order chi connectivity index (χ1) is 8.19. The molecule has 1 saturated heterocycles. The number of nitrogens with one attached hydrogen (secondary N) is 1. The van der Waals surface area contributed by atoms with Gasteiger partial charge in [0.1, 0.15) is 0 Å². The van der Waals surface area contributed by atoms with Gasteiger partial charge in [-0.3, -0.25) is 9.59 Å². The van der Waals surface area contributed by atoms with E-state index in [0.717, 1.165) is 12.0 Å². The molecule has 1 aliphatic heterocycles. The van der Waals surface area contributed by atoms with Crippen molar-refractivity contribution in [2.45, 2.75) is 19.9 Å². The molecule has 90 valence electrons. The Kier molecular flexibility index (Phi) is 3.42. The van der Waals surface area contributed by atoms with Crippen LogP contribution in [0.15, 0.2) is 24.3 Å². The molecule has 0 aliphatic carbocycles. The first-order valence-electron chi connectivity index (χ1n) is 5.81. The van der Waals surface area contributed by atoms with Crippen LogP contribution in [0.4, 0.5) is 0 Å². The van der Waals surface area contributed by atoms with Crippen molar-refractivity contribution in [1.82, 2.24) is 10.2 Å². The summed E-state index contributed by atoms with van der Waals surface area (Å²) in [4.78, 5) is 24.4. The highest BCUT2D eigenvalue weighted by atomic mass is 16.2. The number of aryl methyl sites for hydroxylation is 1. The normalized spacial score (nSPS) is 15.9. The molecule has 1 heterocycles. The van der Waals surface area contributed by atoms with E-state index in [1.165, 1.54) is 5.56 Å². The number of carbonyl (C=O) groups excluding carboxylic acids is 2. The number of benzene rings is 1. The molecule has 0 aromatic heterocycles. The third-order valence-electron chi connectivity index (χ3n) is 2.93. The molecule has 0 unspecified atom stereocenters. The van der Waals surface area contributed by atoms with Crippen LogP contribution in [0.3, 0.4) is 0 Å². The fourth-order valence-electron chi connectivity index (χ4n) is 1.85. The van der Waals surface area contributed by atoms with E-state index in [2.05, 4.69) is 24.4 Å². The zero-order valence-electron chi connectivity index (χ0n) is 9.90. The van der Waals surface area contributed by atoms with Crippen LogP contribution in [0.5, 0.6) is 0 Å². The lowest BCUT2D eigenvalue weighted by molar-refractivity contribution is -0.141. The van der Waals surface area contributed by atoms with E-state index in [9.17, 15) is 9.59 Å². The standard InChI is InChI=1S/C13H16N2O2/c1-2-10-3-5-11(6-4-10)8-15-9-12(16)14-7-13(15)17/h3-6H,2,7-9H2,1H3,(H,14,16). The van der Waals surface area contributed by atoms with E-state index in [1.807, 2.05) is 12.1 Å². The molecule has 1 fully saturated rings. The van der Waals surface area contributed by atoms with E-state index in [-0.39, 0.29) is 24.9 Å². The maximum atomic E-state index is 11.6. The number of carbonyl (C=O) groups is 2. The van der Waals surface area contributed by atoms with Crippen molar-refractivity contribution in [3.63, 3.8) is 0 Å². The zero-order valence-corrected chi connectivity index (χ0v) is 9.90. The Balaban J connectivity index is 2.03. The van der Waals surface area contributed by atoms with Crippen molar-refractivity contribution >= 4 is 11.8 Å². The molecule has 4 heteroatoms. The predicted molar refractivity (Wildman–Crippen MR) is 64.2 cm³/mol. The molecule has 1 aromatic carbocycles. The fraction of sp³-hybridized carbons (Fsp3) is 0.385. The largest absolute Gasteiger partial charge is 0.345 e. The lowest BCUT2D eigenvalue weighted by Crippen LogP contribution is -2.50. The van der Waals surface area contributed by atoms with Crippen LogP contribution in [0.2, 0.25) is 0 Å². The van der Waals surface area contributed by atoms with Gasteiger partial charge in [-0.1, -0.05) is 31.2 Å². The second-order valence-corrected chi connectivity index (χ2v) is 4.20. The van der Waals surface area contributed by atoms with Crippen LogP contribution in [0.1, 0.15) is 18.1 Å². The fourth-order valence-corrected chi connectivity index (χ4v) is 1.85. The van der Waals surface area contributed by atoms with E-state index in [4.69, 9.17) is 0 Å². The van der Waals surface area contributed by atoms with E-state index >= 15 is 0 Å². The summed E-state index contributed by atoms with van der Waals surface area (Å²) in [5, 5.41) is 2.54. The number of amides is 2. The molecule has 0 bridgehead atoms. The van der Waals surface area contributed by atoms with Gasteiger partial charge in [0.05, 0.1) is 13.1 Å². The monoisotopic (exact) mass is 232 g/mol. The molecule has 1 aliphatic rings. The highest BCUT2D eigenvalue weighted by molar-refractivity contribution is 5.92. The van der Waals surface area contributed by atoms with Gasteiger partial charge in [0.25, 0.3) is 0 Å². The molecule has 4 nitrogen and oxygen atoms in total. The van der Waals surface area contributed by atoms with Gasteiger partial charge in [-0.25, -0.2) is 0 Å². The van der Waals surface area contributed by atoms with Crippen molar-refractivity contribution in [1.29, 1.82) is 0 Å². The number of rotatable bonds is 3. The summed E-state index contributed by atoms with van der Waals surface area (Å²) < 4.78 is 0. The Morgan fingerprint density at radius 2 is 1.82 bits per heavy atom. The first-order valence-corrected chi connectivity index (χ1v) is 5.81. The minimum Gasteiger partial charge on any atom is -0.345 e. The summed E-state index contributed by atoms with van der Waals surface area (Å²) in [6.45, 7) is 2.89. The number of nitrogens with zero attached hydrogens (tertiary/aromatic N) is 1. The van der Waals surface area contributed by atoms with Crippen LogP contribution in [0, 0.1) is 0 Å². The topological polar surface area (TPSA) is 49.4 Å². The van der Waals surface area contributed by atoms with Crippen LogP contribution < -0.4 is 5.32 Å². The smallest absolute Gasteiger partial charge is 0.242 e. The van der Waals surface area contributed by atoms with Gasteiger partial charge in [0.15, 0.2) is 0 Å². The molecule has 2 rings (SSSR count). The second kappa shape index (κ2) is 4.99. The molecule has 1 aromatic rings. The lowest BCUT2D eigenvalue weighted by Gasteiger charge is -2.26. The molecule has 0 saturated carbocycles. The molecule has 2 amide bonds. The van der Waals surface area contributed by atoms with Crippen molar-refractivity contribution < 1.29 is 9.59 Å². The van der Waals surface area contributed by atoms with Crippen molar-refractivity contribution in [2.24, 2.45) is 0 Å². The maximum absolute atomic E-state index is 11.6. The van der Waals surface area contributed by atoms with Gasteiger partial charge < -0.3 is 10.2 Å². The van der Waals surface area contributed by atoms with Gasteiger partial charge in [-0.2, -0.15) is 0 Å². The number of hydrogen-bond donors (Lipinski definition) is 1. The maximum Gasteiger partial charge on any atom is 0.242 e. The second-order valence-electron chi connectivity index (χ2n) is 4.20. The number of hydrogen-bond acceptors (Lipinski definition) is 2. The SMILES string of the molecule is CCc1ccc(CN2CC(=O)NCC2=O)cc1. The van der Waals surface area contributed by atoms with Gasteiger partial charge in [0.2, 0.25) is 11.8 Å². The Hall–Kier alpha value is -1.84. The molecule has 0 spiro atoms. The van der Waals surface area contributed by atoms with Crippen LogP contribution >= 0.6 is 0 Å². The Labute approximate surface area is 101 Å². The average molecular weight is 232 g/mol. The number of piperazine rings is 1. The Bertz CT molecular complexity index is 426. The first kappa shape index (κ1) is 11.6. The summed E-state index contributed by atoms with van der Waals surface area (Å²) >= 11 is 0. The summed E-state index contributed by atoms with van der Waals surface area (Å²) in [6, 6.07) is 8.14. The van der Waals surface area contributed by atoms with Crippen LogP contribution in [-0.2, 0) is 22.6 Å². The minimum atomic E-state index is -0.0882. The third kappa shape index (κ3) is 2.84. The molecule has 0 radical (unpaired) electrons. The minimum absolute atomic E-state index is 0.0239. The zero-order chi connectivity index (χ0) is 12.3. The molecular weight excluding hydrogens is 216 g/mol. The van der Waals surface area contributed by atoms with Crippen molar-refractivity contribution in [3.8, 4) is 0 Å². The average Bonchev–Trinajstić information content (AvgIpc) is 2.35. The van der Waals surface area contributed by atoms with Crippen molar-refractivity contribution in [2.75, 3.05) is 13.1 Å². The van der Waals surface area contributed by atoms with Gasteiger partial charge in [-0.15, -0.1) is 0 Å². The predicted octanol–water partition coefficient (Wildman–Crippen LogP) is 0.707. The summed E-state index contributed by atoms with van der Waals surface area (Å²) in [5.74, 6) is -0.112. The van der Waals surface area contributed by atoms with Gasteiger partial charge in [-0.05, 0) is 17.5 Å². The van der Waals surface area contributed by atoms with E-state index in [1.54, 1.807) is 4.90 Å². The highest BCUT2D eigenvalue weighted by Crippen LogP contribution is 2.09. The van der Waals surface area contributed by atoms with Crippen LogP contribution in [0.25, 0.3) is 0 Å². The quantitative estimate of drug-likeness (QED) is 0.834. The highest BCUT2D eigenvalue weighted by Gasteiger charge is 2.22.